The lowest BCUT2D eigenvalue weighted by atomic mass is 10.1. The van der Waals surface area contributed by atoms with Crippen LogP contribution in [0.2, 0.25) is 0 Å². The molecule has 1 unspecified atom stereocenters. The quantitative estimate of drug-likeness (QED) is 0.733. The lowest BCUT2D eigenvalue weighted by Gasteiger charge is -2.14. The van der Waals surface area contributed by atoms with Crippen LogP contribution in [0.15, 0.2) is 36.7 Å². The average molecular weight is 352 g/mol. The summed E-state index contributed by atoms with van der Waals surface area (Å²) in [6, 6.07) is 6.90. The van der Waals surface area contributed by atoms with Gasteiger partial charge in [0.05, 0.1) is 6.20 Å². The van der Waals surface area contributed by atoms with Crippen LogP contribution < -0.4 is 16.0 Å². The number of halogens is 1. The number of rotatable bonds is 6. The number of amides is 2. The normalized spacial score (nSPS) is 11.3. The number of hydrogen-bond acceptors (Lipinski definition) is 4. The molecule has 2 aromatic rings. The van der Waals surface area contributed by atoms with Crippen LogP contribution in [0.5, 0.6) is 0 Å². The first kappa shape index (κ1) is 19.7. The first-order chi connectivity index (χ1) is 11.0. The molecule has 0 spiro atoms. The molecule has 130 valence electrons. The van der Waals surface area contributed by atoms with Crippen LogP contribution >= 0.6 is 12.4 Å². The molecule has 0 saturated carbocycles. The van der Waals surface area contributed by atoms with Crippen molar-refractivity contribution in [2.45, 2.75) is 19.5 Å². The minimum atomic E-state index is -0.442. The molecule has 0 aliphatic heterocycles. The number of aryl methyl sites for hydroxylation is 1. The highest BCUT2D eigenvalue weighted by molar-refractivity contribution is 5.88. The molecule has 1 heterocycles. The minimum Gasteiger partial charge on any atom is -0.350 e. The molecular weight excluding hydrogens is 330 g/mol. The molecule has 2 amide bonds. The van der Waals surface area contributed by atoms with Crippen LogP contribution in [-0.2, 0) is 23.2 Å². The van der Waals surface area contributed by atoms with Crippen molar-refractivity contribution in [3.63, 3.8) is 0 Å². The summed E-state index contributed by atoms with van der Waals surface area (Å²) >= 11 is 0. The summed E-state index contributed by atoms with van der Waals surface area (Å²) < 4.78 is 1.66. The van der Waals surface area contributed by atoms with Gasteiger partial charge in [0, 0.05) is 38.0 Å². The van der Waals surface area contributed by atoms with Crippen molar-refractivity contribution in [3.8, 4) is 0 Å². The largest absolute Gasteiger partial charge is 0.350 e. The SMILES string of the molecule is CNC(C(=O)NCc1ccc(NC(C)=O)cc1)c1cnn(C)c1.Cl. The molecular formula is C16H22ClN5O2. The van der Waals surface area contributed by atoms with E-state index in [-0.39, 0.29) is 24.2 Å². The Hall–Kier alpha value is -2.38. The Morgan fingerprint density at radius 3 is 2.42 bits per heavy atom. The van der Waals surface area contributed by atoms with E-state index < -0.39 is 6.04 Å². The van der Waals surface area contributed by atoms with Crippen molar-refractivity contribution in [2.75, 3.05) is 12.4 Å². The van der Waals surface area contributed by atoms with E-state index in [0.29, 0.717) is 6.54 Å². The third kappa shape index (κ3) is 5.36. The summed E-state index contributed by atoms with van der Waals surface area (Å²) in [5.74, 6) is -0.231. The highest BCUT2D eigenvalue weighted by atomic mass is 35.5. The predicted molar refractivity (Wildman–Crippen MR) is 94.8 cm³/mol. The van der Waals surface area contributed by atoms with Gasteiger partial charge in [0.2, 0.25) is 11.8 Å². The van der Waals surface area contributed by atoms with Gasteiger partial charge in [0.1, 0.15) is 6.04 Å². The summed E-state index contributed by atoms with van der Waals surface area (Å²) in [6.07, 6.45) is 3.48. The first-order valence-corrected chi connectivity index (χ1v) is 7.29. The highest BCUT2D eigenvalue weighted by Crippen LogP contribution is 2.12. The zero-order valence-electron chi connectivity index (χ0n) is 13.9. The van der Waals surface area contributed by atoms with Crippen molar-refractivity contribution in [1.29, 1.82) is 0 Å². The number of aromatic nitrogens is 2. The van der Waals surface area contributed by atoms with Crippen LogP contribution in [0.3, 0.4) is 0 Å². The zero-order chi connectivity index (χ0) is 16.8. The van der Waals surface area contributed by atoms with Gasteiger partial charge in [0.15, 0.2) is 0 Å². The molecule has 1 aromatic heterocycles. The number of anilines is 1. The van der Waals surface area contributed by atoms with Crippen LogP contribution in [0.1, 0.15) is 24.1 Å². The van der Waals surface area contributed by atoms with Gasteiger partial charge < -0.3 is 16.0 Å². The molecule has 0 saturated heterocycles. The molecule has 0 aliphatic rings. The number of benzene rings is 1. The molecule has 0 aliphatic carbocycles. The smallest absolute Gasteiger partial charge is 0.242 e. The molecule has 0 radical (unpaired) electrons. The third-order valence-electron chi connectivity index (χ3n) is 3.35. The molecule has 1 atom stereocenters. The van der Waals surface area contributed by atoms with Crippen molar-refractivity contribution < 1.29 is 9.59 Å². The van der Waals surface area contributed by atoms with Crippen molar-refractivity contribution in [1.82, 2.24) is 20.4 Å². The standard InChI is InChI=1S/C16H21N5O2.ClH/c1-11(22)20-14-6-4-12(5-7-14)8-18-16(23)15(17-2)13-9-19-21(3)10-13;/h4-7,9-10,15,17H,8H2,1-3H3,(H,18,23)(H,20,22);1H. The van der Waals surface area contributed by atoms with E-state index >= 15 is 0 Å². The van der Waals surface area contributed by atoms with Crippen LogP contribution in [-0.4, -0.2) is 28.6 Å². The topological polar surface area (TPSA) is 88.1 Å². The lowest BCUT2D eigenvalue weighted by molar-refractivity contribution is -0.123. The number of nitrogens with zero attached hydrogens (tertiary/aromatic N) is 2. The molecule has 2 rings (SSSR count). The van der Waals surface area contributed by atoms with E-state index in [0.717, 1.165) is 16.8 Å². The second-order valence-corrected chi connectivity index (χ2v) is 5.26. The maximum atomic E-state index is 12.3. The van der Waals surface area contributed by atoms with E-state index in [1.807, 2.05) is 25.4 Å². The van der Waals surface area contributed by atoms with Crippen molar-refractivity contribution in [3.05, 3.63) is 47.8 Å². The Morgan fingerprint density at radius 1 is 1.25 bits per heavy atom. The second kappa shape index (κ2) is 9.05. The van der Waals surface area contributed by atoms with Gasteiger partial charge in [-0.3, -0.25) is 14.3 Å². The number of likely N-dealkylation sites (N-methyl/N-ethyl adjacent to an activating group) is 1. The Bertz CT molecular complexity index is 684. The maximum Gasteiger partial charge on any atom is 0.242 e. The zero-order valence-corrected chi connectivity index (χ0v) is 14.7. The summed E-state index contributed by atoms with van der Waals surface area (Å²) in [6.45, 7) is 1.88. The molecule has 3 N–H and O–H groups in total. The maximum absolute atomic E-state index is 12.3. The second-order valence-electron chi connectivity index (χ2n) is 5.26. The van der Waals surface area contributed by atoms with Gasteiger partial charge in [0.25, 0.3) is 0 Å². The monoisotopic (exact) mass is 351 g/mol. The Balaban J connectivity index is 0.00000288. The molecule has 7 nitrogen and oxygen atoms in total. The summed E-state index contributed by atoms with van der Waals surface area (Å²) in [5.41, 5.74) is 2.50. The van der Waals surface area contributed by atoms with E-state index in [2.05, 4.69) is 21.0 Å². The molecule has 24 heavy (non-hydrogen) atoms. The van der Waals surface area contributed by atoms with Gasteiger partial charge in [-0.15, -0.1) is 12.4 Å². The van der Waals surface area contributed by atoms with Crippen molar-refractivity contribution in [2.24, 2.45) is 7.05 Å². The number of carbonyl (C=O) groups excluding carboxylic acids is 2. The molecule has 0 fully saturated rings. The van der Waals surface area contributed by atoms with Crippen LogP contribution in [0.25, 0.3) is 0 Å². The van der Waals surface area contributed by atoms with Crippen LogP contribution in [0.4, 0.5) is 5.69 Å². The molecule has 1 aromatic carbocycles. The Kier molecular flexibility index (Phi) is 7.41. The molecule has 8 heteroatoms. The summed E-state index contributed by atoms with van der Waals surface area (Å²) in [4.78, 5) is 23.3. The van der Waals surface area contributed by atoms with Crippen LogP contribution in [0, 0.1) is 0 Å². The van der Waals surface area contributed by atoms with Gasteiger partial charge >= 0.3 is 0 Å². The highest BCUT2D eigenvalue weighted by Gasteiger charge is 2.19. The van der Waals surface area contributed by atoms with E-state index in [1.54, 1.807) is 30.1 Å². The average Bonchev–Trinajstić information content (AvgIpc) is 2.93. The fraction of sp³-hybridized carbons (Fsp3) is 0.312. The van der Waals surface area contributed by atoms with Gasteiger partial charge in [-0.25, -0.2) is 0 Å². The number of carbonyl (C=O) groups is 2. The first-order valence-electron chi connectivity index (χ1n) is 7.29. The van der Waals surface area contributed by atoms with Gasteiger partial charge in [-0.1, -0.05) is 12.1 Å². The molecule has 0 bridgehead atoms. The fourth-order valence-electron chi connectivity index (χ4n) is 2.24. The third-order valence-corrected chi connectivity index (χ3v) is 3.35. The van der Waals surface area contributed by atoms with E-state index in [1.165, 1.54) is 6.92 Å². The Labute approximate surface area is 147 Å². The van der Waals surface area contributed by atoms with Gasteiger partial charge in [-0.2, -0.15) is 5.10 Å². The van der Waals surface area contributed by atoms with E-state index in [4.69, 9.17) is 0 Å². The fourth-order valence-corrected chi connectivity index (χ4v) is 2.24. The Morgan fingerprint density at radius 2 is 1.92 bits per heavy atom. The van der Waals surface area contributed by atoms with E-state index in [9.17, 15) is 9.59 Å². The number of nitrogens with one attached hydrogen (secondary N) is 3. The summed E-state index contributed by atoms with van der Waals surface area (Å²) in [5, 5.41) is 12.7. The van der Waals surface area contributed by atoms with Crippen molar-refractivity contribution >= 4 is 29.9 Å². The predicted octanol–water partition coefficient (Wildman–Crippen LogP) is 1.38. The minimum absolute atomic E-state index is 0. The number of hydrogen-bond donors (Lipinski definition) is 3. The lowest BCUT2D eigenvalue weighted by Crippen LogP contribution is -2.35. The summed E-state index contributed by atoms with van der Waals surface area (Å²) in [7, 11) is 3.55. The van der Waals surface area contributed by atoms with Gasteiger partial charge in [-0.05, 0) is 24.7 Å².